The van der Waals surface area contributed by atoms with Crippen molar-refractivity contribution in [1.29, 1.82) is 0 Å². The lowest BCUT2D eigenvalue weighted by Gasteiger charge is -2.09. The van der Waals surface area contributed by atoms with Gasteiger partial charge in [0.25, 0.3) is 0 Å². The number of aromatic nitrogens is 3. The van der Waals surface area contributed by atoms with E-state index in [1.54, 1.807) is 0 Å². The van der Waals surface area contributed by atoms with Crippen molar-refractivity contribution in [2.24, 2.45) is 0 Å². The van der Waals surface area contributed by atoms with Crippen LogP contribution in [0.5, 0.6) is 5.75 Å². The molecule has 0 unspecified atom stereocenters. The predicted molar refractivity (Wildman–Crippen MR) is 72.2 cm³/mol. The normalized spacial score (nSPS) is 11.7. The number of rotatable bonds is 3. The van der Waals surface area contributed by atoms with E-state index < -0.39 is 11.9 Å². The molecule has 9 heteroatoms. The Balaban J connectivity index is 2.23. The van der Waals surface area contributed by atoms with E-state index in [2.05, 4.69) is 15.0 Å². The quantitative estimate of drug-likeness (QED) is 0.682. The third-order valence-electron chi connectivity index (χ3n) is 2.45. The van der Waals surface area contributed by atoms with Crippen molar-refractivity contribution in [3.05, 3.63) is 40.4 Å². The maximum absolute atomic E-state index is 12.7. The van der Waals surface area contributed by atoms with Crippen molar-refractivity contribution in [3.8, 4) is 5.75 Å². The van der Waals surface area contributed by atoms with Gasteiger partial charge in [-0.15, -0.1) is 0 Å². The number of thioether (sulfide) groups is 1. The van der Waals surface area contributed by atoms with Crippen LogP contribution in [0.2, 0.25) is 5.02 Å². The molecule has 0 aromatic carbocycles. The maximum Gasteiger partial charge on any atom is 0.433 e. The van der Waals surface area contributed by atoms with Crippen LogP contribution in [0, 0.1) is 6.92 Å². The zero-order chi connectivity index (χ0) is 15.6. The Hall–Kier alpha value is -1.54. The smallest absolute Gasteiger partial charge is 0.433 e. The van der Waals surface area contributed by atoms with Gasteiger partial charge in [0.2, 0.25) is 0 Å². The highest BCUT2D eigenvalue weighted by molar-refractivity contribution is 7.98. The lowest BCUT2D eigenvalue weighted by molar-refractivity contribution is -0.141. The molecule has 1 N–H and O–H groups in total. The average molecular weight is 336 g/mol. The first-order chi connectivity index (χ1) is 9.77. The van der Waals surface area contributed by atoms with Gasteiger partial charge in [-0.3, -0.25) is 4.98 Å². The van der Waals surface area contributed by atoms with Gasteiger partial charge >= 0.3 is 6.18 Å². The fourth-order valence-corrected chi connectivity index (χ4v) is 2.73. The fourth-order valence-electron chi connectivity index (χ4n) is 1.48. The second-order valence-corrected chi connectivity index (χ2v) is 5.43. The molecule has 2 rings (SSSR count). The van der Waals surface area contributed by atoms with Gasteiger partial charge in [-0.2, -0.15) is 13.2 Å². The highest BCUT2D eigenvalue weighted by Gasteiger charge is 2.33. The Morgan fingerprint density at radius 1 is 1.29 bits per heavy atom. The molecule has 0 atom stereocenters. The minimum Gasteiger partial charge on any atom is -0.506 e. The molecular formula is C12H9ClF3N3OS. The van der Waals surface area contributed by atoms with Crippen molar-refractivity contribution < 1.29 is 18.3 Å². The van der Waals surface area contributed by atoms with Crippen LogP contribution in [-0.4, -0.2) is 20.1 Å². The summed E-state index contributed by atoms with van der Waals surface area (Å²) in [7, 11) is 0. The molecule has 4 nitrogen and oxygen atoms in total. The number of halogens is 4. The van der Waals surface area contributed by atoms with Crippen LogP contribution in [0.15, 0.2) is 23.6 Å². The third kappa shape index (κ3) is 3.98. The van der Waals surface area contributed by atoms with Gasteiger partial charge in [-0.1, -0.05) is 23.4 Å². The van der Waals surface area contributed by atoms with Crippen molar-refractivity contribution in [2.45, 2.75) is 24.0 Å². The molecule has 21 heavy (non-hydrogen) atoms. The zero-order valence-corrected chi connectivity index (χ0v) is 12.2. The molecule has 112 valence electrons. The Kier molecular flexibility index (Phi) is 4.58. The molecular weight excluding hydrogens is 327 g/mol. The molecule has 0 aliphatic rings. The Morgan fingerprint density at radius 3 is 2.62 bits per heavy atom. The summed E-state index contributed by atoms with van der Waals surface area (Å²) in [5.74, 6) is 0.00667. The summed E-state index contributed by atoms with van der Waals surface area (Å²) >= 11 is 6.83. The van der Waals surface area contributed by atoms with Gasteiger partial charge in [0, 0.05) is 23.2 Å². The fraction of sp³-hybridized carbons (Fsp3) is 0.250. The summed E-state index contributed by atoms with van der Waals surface area (Å²) in [6, 6.07) is 0.876. The number of hydrogen-bond acceptors (Lipinski definition) is 5. The molecule has 0 aliphatic carbocycles. The minimum atomic E-state index is -4.53. The summed E-state index contributed by atoms with van der Waals surface area (Å²) < 4.78 is 38.0. The van der Waals surface area contributed by atoms with Crippen molar-refractivity contribution in [1.82, 2.24) is 15.0 Å². The second-order valence-electron chi connectivity index (χ2n) is 4.08. The van der Waals surface area contributed by atoms with Crippen LogP contribution >= 0.6 is 23.4 Å². The third-order valence-corrected chi connectivity index (χ3v) is 3.65. The summed E-state index contributed by atoms with van der Waals surface area (Å²) in [5.41, 5.74) is -0.414. The number of alkyl halides is 3. The van der Waals surface area contributed by atoms with Crippen LogP contribution in [0.25, 0.3) is 0 Å². The van der Waals surface area contributed by atoms with Gasteiger partial charge in [-0.05, 0) is 13.0 Å². The topological polar surface area (TPSA) is 58.9 Å². The molecule has 2 heterocycles. The maximum atomic E-state index is 12.7. The minimum absolute atomic E-state index is 0.0328. The molecule has 0 bridgehead atoms. The first kappa shape index (κ1) is 15.8. The number of hydrogen-bond donors (Lipinski definition) is 1. The van der Waals surface area contributed by atoms with E-state index >= 15 is 0 Å². The largest absolute Gasteiger partial charge is 0.506 e. The van der Waals surface area contributed by atoms with Crippen LogP contribution in [0.3, 0.4) is 0 Å². The highest BCUT2D eigenvalue weighted by Crippen LogP contribution is 2.32. The lowest BCUT2D eigenvalue weighted by atomic mass is 10.3. The SMILES string of the molecule is Cc1cc(C(F)(F)F)nc(SCc2c(O)cncc2Cl)n1. The zero-order valence-electron chi connectivity index (χ0n) is 10.6. The van der Waals surface area contributed by atoms with Crippen LogP contribution < -0.4 is 0 Å². The molecule has 0 spiro atoms. The van der Waals surface area contributed by atoms with Crippen LogP contribution in [0.1, 0.15) is 17.0 Å². The van der Waals surface area contributed by atoms with E-state index in [1.807, 2.05) is 0 Å². The lowest BCUT2D eigenvalue weighted by Crippen LogP contribution is -2.10. The van der Waals surface area contributed by atoms with Gasteiger partial charge in [0.15, 0.2) is 5.16 Å². The Morgan fingerprint density at radius 2 is 2.00 bits per heavy atom. The molecule has 0 aliphatic heterocycles. The molecule has 0 radical (unpaired) electrons. The summed E-state index contributed by atoms with van der Waals surface area (Å²) in [6.07, 6.45) is -1.98. The summed E-state index contributed by atoms with van der Waals surface area (Å²) in [4.78, 5) is 11.1. The highest BCUT2D eigenvalue weighted by atomic mass is 35.5. The summed E-state index contributed by atoms with van der Waals surface area (Å²) in [5, 5.41) is 9.82. The molecule has 0 fully saturated rings. The molecule has 0 amide bonds. The van der Waals surface area contributed by atoms with E-state index in [0.717, 1.165) is 17.8 Å². The number of aryl methyl sites for hydroxylation is 1. The van der Waals surface area contributed by atoms with E-state index in [-0.39, 0.29) is 27.4 Å². The number of aromatic hydroxyl groups is 1. The summed E-state index contributed by atoms with van der Waals surface area (Å²) in [6.45, 7) is 1.46. The van der Waals surface area contributed by atoms with Crippen molar-refractivity contribution >= 4 is 23.4 Å². The van der Waals surface area contributed by atoms with Gasteiger partial charge < -0.3 is 5.11 Å². The van der Waals surface area contributed by atoms with Crippen LogP contribution in [-0.2, 0) is 11.9 Å². The van der Waals surface area contributed by atoms with Gasteiger partial charge in [-0.25, -0.2) is 9.97 Å². The second kappa shape index (κ2) is 6.07. The van der Waals surface area contributed by atoms with E-state index in [1.165, 1.54) is 19.3 Å². The number of pyridine rings is 1. The van der Waals surface area contributed by atoms with E-state index in [9.17, 15) is 18.3 Å². The van der Waals surface area contributed by atoms with Gasteiger partial charge in [0.05, 0.1) is 11.2 Å². The standard InChI is InChI=1S/C12H9ClF3N3OS/c1-6-2-10(12(14,15)16)19-11(18-6)21-5-7-8(13)3-17-4-9(7)20/h2-4,20H,5H2,1H3. The van der Waals surface area contributed by atoms with E-state index in [0.29, 0.717) is 5.56 Å². The first-order valence-corrected chi connectivity index (χ1v) is 7.00. The Bertz CT molecular complexity index is 646. The Labute approximate surface area is 127 Å². The van der Waals surface area contributed by atoms with Crippen molar-refractivity contribution in [2.75, 3.05) is 0 Å². The molecule has 0 saturated heterocycles. The molecule has 2 aromatic heterocycles. The predicted octanol–water partition coefficient (Wildman–Crippen LogP) is 3.85. The van der Waals surface area contributed by atoms with E-state index in [4.69, 9.17) is 11.6 Å². The number of nitrogens with zero attached hydrogens (tertiary/aromatic N) is 3. The molecule has 0 saturated carbocycles. The average Bonchev–Trinajstić information content (AvgIpc) is 2.36. The monoisotopic (exact) mass is 335 g/mol. The van der Waals surface area contributed by atoms with Crippen molar-refractivity contribution in [3.63, 3.8) is 0 Å². The van der Waals surface area contributed by atoms with Gasteiger partial charge in [0.1, 0.15) is 11.4 Å². The molecule has 2 aromatic rings. The van der Waals surface area contributed by atoms with Crippen LogP contribution in [0.4, 0.5) is 13.2 Å². The first-order valence-electron chi connectivity index (χ1n) is 5.64.